The predicted molar refractivity (Wildman–Crippen MR) is 120 cm³/mol. The first-order valence-electron chi connectivity index (χ1n) is 11.4. The fraction of sp³-hybridized carbons (Fsp3) is 0.667. The first-order valence-corrected chi connectivity index (χ1v) is 11.4. The average Bonchev–Trinajstić information content (AvgIpc) is 3.01. The van der Waals surface area contributed by atoms with Crippen LogP contribution < -0.4 is 10.1 Å². The van der Waals surface area contributed by atoms with Gasteiger partial charge in [-0.1, -0.05) is 26.0 Å². The molecule has 7 heteroatoms. The van der Waals surface area contributed by atoms with Crippen molar-refractivity contribution in [1.29, 1.82) is 0 Å². The molecule has 1 aromatic rings. The molecule has 1 N–H and O–H groups in total. The van der Waals surface area contributed by atoms with Crippen LogP contribution >= 0.6 is 0 Å². The van der Waals surface area contributed by atoms with Crippen LogP contribution in [0.2, 0.25) is 0 Å². The van der Waals surface area contributed by atoms with Crippen molar-refractivity contribution in [3.05, 3.63) is 29.8 Å². The number of nitrogens with zero attached hydrogens (tertiary/aromatic N) is 2. The molecule has 0 spiro atoms. The summed E-state index contributed by atoms with van der Waals surface area (Å²) < 4.78 is 10.5. The van der Waals surface area contributed by atoms with Gasteiger partial charge < -0.3 is 19.7 Å². The summed E-state index contributed by atoms with van der Waals surface area (Å²) in [4.78, 5) is 30.3. The number of hydrogen-bond acceptors (Lipinski definition) is 5. The summed E-state index contributed by atoms with van der Waals surface area (Å²) in [5, 5.41) is 3.12. The van der Waals surface area contributed by atoms with E-state index in [1.807, 2.05) is 24.3 Å². The topological polar surface area (TPSA) is 71.1 Å². The summed E-state index contributed by atoms with van der Waals surface area (Å²) in [5.74, 6) is 1.40. The number of hydrogen-bond donors (Lipinski definition) is 1. The zero-order chi connectivity index (χ0) is 22.4. The highest BCUT2D eigenvalue weighted by molar-refractivity contribution is 6.07. The zero-order valence-corrected chi connectivity index (χ0v) is 19.4. The van der Waals surface area contributed by atoms with E-state index in [0.717, 1.165) is 43.8 Å². The molecular formula is C24H37N3O4. The molecule has 3 amide bonds. The molecule has 2 heterocycles. The Morgan fingerprint density at radius 1 is 1.16 bits per heavy atom. The van der Waals surface area contributed by atoms with E-state index in [2.05, 4.69) is 24.1 Å². The van der Waals surface area contributed by atoms with Crippen molar-refractivity contribution in [2.24, 2.45) is 11.8 Å². The van der Waals surface area contributed by atoms with Crippen LogP contribution in [0.5, 0.6) is 5.75 Å². The monoisotopic (exact) mass is 431 g/mol. The third-order valence-electron chi connectivity index (χ3n) is 6.65. The number of amides is 3. The predicted octanol–water partition coefficient (Wildman–Crippen LogP) is 2.93. The number of urea groups is 1. The second kappa shape index (κ2) is 10.5. The Balaban J connectivity index is 1.82. The van der Waals surface area contributed by atoms with E-state index in [4.69, 9.17) is 9.47 Å². The second-order valence-electron chi connectivity index (χ2n) is 9.18. The molecule has 0 saturated carbocycles. The third-order valence-corrected chi connectivity index (χ3v) is 6.65. The van der Waals surface area contributed by atoms with Crippen molar-refractivity contribution in [2.75, 3.05) is 47.0 Å². The highest BCUT2D eigenvalue weighted by Crippen LogP contribution is 2.37. The van der Waals surface area contributed by atoms with Gasteiger partial charge in [-0.05, 0) is 68.4 Å². The molecule has 2 aliphatic rings. The smallest absolute Gasteiger partial charge is 0.325 e. The van der Waals surface area contributed by atoms with Gasteiger partial charge in [-0.25, -0.2) is 4.79 Å². The van der Waals surface area contributed by atoms with Crippen molar-refractivity contribution in [2.45, 2.75) is 45.1 Å². The number of carbonyl (C=O) groups is 2. The van der Waals surface area contributed by atoms with Crippen molar-refractivity contribution in [1.82, 2.24) is 15.1 Å². The highest BCUT2D eigenvalue weighted by atomic mass is 16.5. The normalized spacial score (nSPS) is 22.9. The van der Waals surface area contributed by atoms with Crippen LogP contribution in [0.3, 0.4) is 0 Å². The van der Waals surface area contributed by atoms with E-state index in [-0.39, 0.29) is 24.4 Å². The van der Waals surface area contributed by atoms with Gasteiger partial charge in [0.25, 0.3) is 5.91 Å². The standard InChI is InChI=1S/C24H37N3O4/c1-18(2)8-11-26-12-9-20(10-13-26)24(17-19-6-5-7-21(16-19)31-4)22(28)27(14-15-30-3)23(29)25-24/h5-7,16,18,20H,8-15,17H2,1-4H3,(H,25,29)/t24-/m0/s1. The van der Waals surface area contributed by atoms with Crippen molar-refractivity contribution in [3.8, 4) is 5.75 Å². The number of carbonyl (C=O) groups excluding carboxylic acids is 2. The van der Waals surface area contributed by atoms with Crippen molar-refractivity contribution >= 4 is 11.9 Å². The van der Waals surface area contributed by atoms with Gasteiger partial charge in [0.15, 0.2) is 0 Å². The van der Waals surface area contributed by atoms with Crippen molar-refractivity contribution in [3.63, 3.8) is 0 Å². The molecule has 0 unspecified atom stereocenters. The maximum absolute atomic E-state index is 13.6. The molecule has 2 aliphatic heterocycles. The minimum absolute atomic E-state index is 0.0954. The number of methoxy groups -OCH3 is 2. The summed E-state index contributed by atoms with van der Waals surface area (Å²) >= 11 is 0. The summed E-state index contributed by atoms with van der Waals surface area (Å²) in [6.07, 6.45) is 3.44. The molecule has 1 atom stereocenters. The molecule has 172 valence electrons. The molecule has 1 aromatic carbocycles. The van der Waals surface area contributed by atoms with Crippen LogP contribution in [0, 0.1) is 11.8 Å². The lowest BCUT2D eigenvalue weighted by atomic mass is 9.74. The quantitative estimate of drug-likeness (QED) is 0.577. The van der Waals surface area contributed by atoms with Gasteiger partial charge in [0.05, 0.1) is 20.3 Å². The molecule has 31 heavy (non-hydrogen) atoms. The van der Waals surface area contributed by atoms with E-state index in [0.29, 0.717) is 18.9 Å². The van der Waals surface area contributed by atoms with Crippen LogP contribution in [-0.4, -0.2) is 74.3 Å². The summed E-state index contributed by atoms with van der Waals surface area (Å²) in [7, 11) is 3.21. The van der Waals surface area contributed by atoms with E-state index in [9.17, 15) is 9.59 Å². The maximum Gasteiger partial charge on any atom is 0.325 e. The Labute approximate surface area is 186 Å². The van der Waals surface area contributed by atoms with E-state index < -0.39 is 5.54 Å². The van der Waals surface area contributed by atoms with E-state index >= 15 is 0 Å². The fourth-order valence-electron chi connectivity index (χ4n) is 4.77. The number of benzene rings is 1. The molecule has 0 aliphatic carbocycles. The van der Waals surface area contributed by atoms with E-state index in [1.165, 1.54) is 11.3 Å². The van der Waals surface area contributed by atoms with Crippen LogP contribution in [-0.2, 0) is 16.0 Å². The van der Waals surface area contributed by atoms with Crippen molar-refractivity contribution < 1.29 is 19.1 Å². The Bertz CT molecular complexity index is 761. The highest BCUT2D eigenvalue weighted by Gasteiger charge is 2.55. The fourth-order valence-corrected chi connectivity index (χ4v) is 4.77. The number of likely N-dealkylation sites (tertiary alicyclic amines) is 1. The Hall–Kier alpha value is -2.12. The van der Waals surface area contributed by atoms with Gasteiger partial charge >= 0.3 is 6.03 Å². The van der Waals surface area contributed by atoms with Gasteiger partial charge in [-0.15, -0.1) is 0 Å². The van der Waals surface area contributed by atoms with Gasteiger partial charge in [0.2, 0.25) is 0 Å². The average molecular weight is 432 g/mol. The summed E-state index contributed by atoms with van der Waals surface area (Å²) in [6.45, 7) is 8.11. The summed E-state index contributed by atoms with van der Waals surface area (Å²) in [5.41, 5.74) is 0.0743. The lowest BCUT2D eigenvalue weighted by Gasteiger charge is -2.41. The van der Waals surface area contributed by atoms with Gasteiger partial charge in [0, 0.05) is 13.5 Å². The Morgan fingerprint density at radius 3 is 2.55 bits per heavy atom. The number of piperidine rings is 1. The lowest BCUT2D eigenvalue weighted by molar-refractivity contribution is -0.134. The maximum atomic E-state index is 13.6. The largest absolute Gasteiger partial charge is 0.497 e. The molecular weight excluding hydrogens is 394 g/mol. The van der Waals surface area contributed by atoms with Crippen LogP contribution in [0.1, 0.15) is 38.7 Å². The van der Waals surface area contributed by atoms with Gasteiger partial charge in [-0.3, -0.25) is 9.69 Å². The lowest BCUT2D eigenvalue weighted by Crippen LogP contribution is -2.57. The molecule has 2 saturated heterocycles. The zero-order valence-electron chi connectivity index (χ0n) is 19.4. The summed E-state index contributed by atoms with van der Waals surface area (Å²) in [6, 6.07) is 7.46. The number of ether oxygens (including phenoxy) is 2. The van der Waals surface area contributed by atoms with E-state index in [1.54, 1.807) is 14.2 Å². The first-order chi connectivity index (χ1) is 14.9. The molecule has 7 nitrogen and oxygen atoms in total. The van der Waals surface area contributed by atoms with Gasteiger partial charge in [-0.2, -0.15) is 0 Å². The molecule has 3 rings (SSSR count). The minimum Gasteiger partial charge on any atom is -0.497 e. The molecule has 2 fully saturated rings. The second-order valence-corrected chi connectivity index (χ2v) is 9.18. The SMILES string of the molecule is COCCN1C(=O)N[C@@](Cc2cccc(OC)c2)(C2CCN(CCC(C)C)CC2)C1=O. The molecule has 0 bridgehead atoms. The molecule has 0 radical (unpaired) electrons. The number of imide groups is 1. The molecule has 0 aromatic heterocycles. The van der Waals surface area contributed by atoms with Crippen LogP contribution in [0.25, 0.3) is 0 Å². The first kappa shape index (κ1) is 23.5. The van der Waals surface area contributed by atoms with Crippen LogP contribution in [0.15, 0.2) is 24.3 Å². The minimum atomic E-state index is -0.915. The van der Waals surface area contributed by atoms with Gasteiger partial charge in [0.1, 0.15) is 11.3 Å². The number of nitrogens with one attached hydrogen (secondary N) is 1. The number of rotatable bonds is 10. The Kier molecular flexibility index (Phi) is 7.94. The van der Waals surface area contributed by atoms with Crippen LogP contribution in [0.4, 0.5) is 4.79 Å². The third kappa shape index (κ3) is 5.39. The Morgan fingerprint density at radius 2 is 1.90 bits per heavy atom.